The summed E-state index contributed by atoms with van der Waals surface area (Å²) in [6.45, 7) is 5.21. The van der Waals surface area contributed by atoms with Crippen LogP contribution in [-0.4, -0.2) is 46.7 Å². The molecule has 1 saturated heterocycles. The molecule has 1 aliphatic rings. The van der Waals surface area contributed by atoms with Crippen molar-refractivity contribution >= 4 is 11.8 Å². The van der Waals surface area contributed by atoms with Gasteiger partial charge in [-0.15, -0.1) is 0 Å². The van der Waals surface area contributed by atoms with Crippen molar-refractivity contribution in [1.82, 2.24) is 15.0 Å². The molecule has 2 atom stereocenters. The SMILES string of the molecule is CSCC(C)c1nc(C(N)CN2CCCC2)no1. The Hall–Kier alpha value is -0.590. The van der Waals surface area contributed by atoms with Crippen molar-refractivity contribution < 1.29 is 4.52 Å². The van der Waals surface area contributed by atoms with E-state index in [0.717, 1.165) is 25.4 Å². The second-order valence-electron chi connectivity index (χ2n) is 4.96. The first-order chi connectivity index (χ1) is 8.70. The average Bonchev–Trinajstić information content (AvgIpc) is 2.99. The predicted molar refractivity (Wildman–Crippen MR) is 73.7 cm³/mol. The van der Waals surface area contributed by atoms with Crippen LogP contribution < -0.4 is 5.73 Å². The van der Waals surface area contributed by atoms with E-state index in [9.17, 15) is 0 Å². The Morgan fingerprint density at radius 1 is 1.44 bits per heavy atom. The van der Waals surface area contributed by atoms with Gasteiger partial charge in [-0.05, 0) is 32.2 Å². The summed E-state index contributed by atoms with van der Waals surface area (Å²) in [6, 6.07) is -0.137. The maximum atomic E-state index is 6.13. The molecule has 2 heterocycles. The van der Waals surface area contributed by atoms with E-state index < -0.39 is 0 Å². The summed E-state index contributed by atoms with van der Waals surface area (Å²) in [5, 5.41) is 4.01. The van der Waals surface area contributed by atoms with Crippen LogP contribution in [0, 0.1) is 0 Å². The van der Waals surface area contributed by atoms with E-state index in [-0.39, 0.29) is 6.04 Å². The van der Waals surface area contributed by atoms with Crippen LogP contribution in [0.25, 0.3) is 0 Å². The highest BCUT2D eigenvalue weighted by atomic mass is 32.2. The molecule has 2 unspecified atom stereocenters. The zero-order valence-electron chi connectivity index (χ0n) is 11.1. The second-order valence-corrected chi connectivity index (χ2v) is 5.87. The van der Waals surface area contributed by atoms with Gasteiger partial charge in [-0.2, -0.15) is 16.7 Å². The lowest BCUT2D eigenvalue weighted by molar-refractivity contribution is 0.304. The maximum absolute atomic E-state index is 6.13. The van der Waals surface area contributed by atoms with Crippen LogP contribution in [0.5, 0.6) is 0 Å². The Morgan fingerprint density at radius 2 is 2.17 bits per heavy atom. The summed E-state index contributed by atoms with van der Waals surface area (Å²) in [5.41, 5.74) is 6.13. The molecule has 1 aromatic rings. The van der Waals surface area contributed by atoms with Gasteiger partial charge in [0, 0.05) is 18.2 Å². The van der Waals surface area contributed by atoms with Gasteiger partial charge in [-0.3, -0.25) is 0 Å². The molecular formula is C12H22N4OS. The lowest BCUT2D eigenvalue weighted by atomic mass is 10.2. The Bertz CT molecular complexity index is 365. The molecule has 102 valence electrons. The Labute approximate surface area is 112 Å². The first-order valence-corrected chi connectivity index (χ1v) is 7.90. The van der Waals surface area contributed by atoms with E-state index in [1.807, 2.05) is 0 Å². The van der Waals surface area contributed by atoms with Gasteiger partial charge in [0.2, 0.25) is 5.89 Å². The number of nitrogens with zero attached hydrogens (tertiary/aromatic N) is 3. The van der Waals surface area contributed by atoms with E-state index >= 15 is 0 Å². The molecule has 0 amide bonds. The highest BCUT2D eigenvalue weighted by Gasteiger charge is 2.21. The molecule has 18 heavy (non-hydrogen) atoms. The molecule has 1 aliphatic heterocycles. The zero-order valence-corrected chi connectivity index (χ0v) is 11.9. The molecule has 0 radical (unpaired) electrons. The zero-order chi connectivity index (χ0) is 13.0. The van der Waals surface area contributed by atoms with Crippen molar-refractivity contribution in [2.45, 2.75) is 31.7 Å². The Morgan fingerprint density at radius 3 is 2.83 bits per heavy atom. The number of likely N-dealkylation sites (tertiary alicyclic amines) is 1. The van der Waals surface area contributed by atoms with Crippen molar-refractivity contribution in [3.63, 3.8) is 0 Å². The average molecular weight is 270 g/mol. The van der Waals surface area contributed by atoms with Gasteiger partial charge in [0.15, 0.2) is 5.82 Å². The van der Waals surface area contributed by atoms with Gasteiger partial charge >= 0.3 is 0 Å². The summed E-state index contributed by atoms with van der Waals surface area (Å²) < 4.78 is 5.29. The predicted octanol–water partition coefficient (Wildman–Crippen LogP) is 1.63. The van der Waals surface area contributed by atoms with Crippen LogP contribution in [-0.2, 0) is 0 Å². The molecule has 1 fully saturated rings. The fourth-order valence-electron chi connectivity index (χ4n) is 2.24. The summed E-state index contributed by atoms with van der Waals surface area (Å²) >= 11 is 1.78. The van der Waals surface area contributed by atoms with Crippen LogP contribution in [0.1, 0.15) is 43.4 Å². The largest absolute Gasteiger partial charge is 0.339 e. The Kier molecular flexibility index (Phi) is 5.03. The van der Waals surface area contributed by atoms with Gasteiger partial charge < -0.3 is 15.2 Å². The quantitative estimate of drug-likeness (QED) is 0.847. The summed E-state index contributed by atoms with van der Waals surface area (Å²) in [4.78, 5) is 6.80. The van der Waals surface area contributed by atoms with E-state index in [1.165, 1.54) is 12.8 Å². The minimum absolute atomic E-state index is 0.137. The van der Waals surface area contributed by atoms with Gasteiger partial charge in [0.25, 0.3) is 0 Å². The number of thioether (sulfide) groups is 1. The molecule has 0 saturated carbocycles. The third-order valence-corrected chi connectivity index (χ3v) is 4.11. The Balaban J connectivity index is 1.91. The number of hydrogen-bond donors (Lipinski definition) is 1. The number of aromatic nitrogens is 2. The fraction of sp³-hybridized carbons (Fsp3) is 0.833. The molecule has 0 spiro atoms. The maximum Gasteiger partial charge on any atom is 0.230 e. The van der Waals surface area contributed by atoms with Crippen molar-refractivity contribution in [2.24, 2.45) is 5.73 Å². The van der Waals surface area contributed by atoms with Crippen LogP contribution in [0.2, 0.25) is 0 Å². The van der Waals surface area contributed by atoms with Gasteiger partial charge in [0.05, 0.1) is 6.04 Å². The lowest BCUT2D eigenvalue weighted by Crippen LogP contribution is -2.30. The van der Waals surface area contributed by atoms with Gasteiger partial charge in [-0.25, -0.2) is 0 Å². The monoisotopic (exact) mass is 270 g/mol. The highest BCUT2D eigenvalue weighted by Crippen LogP contribution is 2.19. The van der Waals surface area contributed by atoms with Crippen LogP contribution >= 0.6 is 11.8 Å². The van der Waals surface area contributed by atoms with E-state index in [2.05, 4.69) is 28.2 Å². The smallest absolute Gasteiger partial charge is 0.230 e. The van der Waals surface area contributed by atoms with Crippen LogP contribution in [0.15, 0.2) is 4.52 Å². The molecule has 1 aromatic heterocycles. The van der Waals surface area contributed by atoms with E-state index in [0.29, 0.717) is 17.6 Å². The molecule has 6 heteroatoms. The summed E-state index contributed by atoms with van der Waals surface area (Å²) in [6.07, 6.45) is 4.62. The normalized spacial score (nSPS) is 20.2. The van der Waals surface area contributed by atoms with Crippen LogP contribution in [0.4, 0.5) is 0 Å². The first kappa shape index (κ1) is 13.8. The van der Waals surface area contributed by atoms with E-state index in [4.69, 9.17) is 10.3 Å². The van der Waals surface area contributed by atoms with Crippen LogP contribution in [0.3, 0.4) is 0 Å². The van der Waals surface area contributed by atoms with Gasteiger partial charge in [-0.1, -0.05) is 12.1 Å². The fourth-order valence-corrected chi connectivity index (χ4v) is 2.89. The molecule has 0 aliphatic carbocycles. The molecule has 0 aromatic carbocycles. The number of nitrogens with two attached hydrogens (primary N) is 1. The number of rotatable bonds is 6. The first-order valence-electron chi connectivity index (χ1n) is 6.51. The highest BCUT2D eigenvalue weighted by molar-refractivity contribution is 7.98. The third-order valence-electron chi connectivity index (χ3n) is 3.28. The molecule has 2 rings (SSSR count). The number of hydrogen-bond acceptors (Lipinski definition) is 6. The second kappa shape index (κ2) is 6.54. The van der Waals surface area contributed by atoms with Crippen molar-refractivity contribution in [3.8, 4) is 0 Å². The standard InChI is InChI=1S/C12H22N4OS/c1-9(8-18-2)12-14-11(15-17-12)10(13)7-16-5-3-4-6-16/h9-10H,3-8,13H2,1-2H3. The summed E-state index contributed by atoms with van der Waals surface area (Å²) in [5.74, 6) is 2.63. The molecule has 5 nitrogen and oxygen atoms in total. The topological polar surface area (TPSA) is 68.2 Å². The minimum Gasteiger partial charge on any atom is -0.339 e. The van der Waals surface area contributed by atoms with Crippen molar-refractivity contribution in [1.29, 1.82) is 0 Å². The molecule has 2 N–H and O–H groups in total. The van der Waals surface area contributed by atoms with Crippen molar-refractivity contribution in [2.75, 3.05) is 31.6 Å². The molecule has 0 bridgehead atoms. The van der Waals surface area contributed by atoms with E-state index in [1.54, 1.807) is 11.8 Å². The lowest BCUT2D eigenvalue weighted by Gasteiger charge is -2.17. The molecular weight excluding hydrogens is 248 g/mol. The third kappa shape index (κ3) is 3.46. The van der Waals surface area contributed by atoms with Gasteiger partial charge in [0.1, 0.15) is 0 Å². The van der Waals surface area contributed by atoms with Crippen molar-refractivity contribution in [3.05, 3.63) is 11.7 Å². The summed E-state index contributed by atoms with van der Waals surface area (Å²) in [7, 11) is 0. The minimum atomic E-state index is -0.137.